The maximum absolute atomic E-state index is 12.7. The summed E-state index contributed by atoms with van der Waals surface area (Å²) in [4.78, 5) is 13.9. The number of nitrogens with one attached hydrogen (secondary N) is 1. The minimum atomic E-state index is -0.311. The first kappa shape index (κ1) is 17.8. The smallest absolute Gasteiger partial charge is 0.292 e. The molecule has 1 aromatic carbocycles. The average molecular weight is 378 g/mol. The predicted molar refractivity (Wildman–Crippen MR) is 108 cm³/mol. The van der Waals surface area contributed by atoms with E-state index in [9.17, 15) is 10.1 Å². The van der Waals surface area contributed by atoms with Gasteiger partial charge in [-0.25, -0.2) is 0 Å². The van der Waals surface area contributed by atoms with Gasteiger partial charge in [-0.3, -0.25) is 4.79 Å². The van der Waals surface area contributed by atoms with Gasteiger partial charge in [0.05, 0.1) is 5.56 Å². The van der Waals surface area contributed by atoms with Crippen LogP contribution in [0.15, 0.2) is 34.7 Å². The maximum Gasteiger partial charge on any atom is 0.292 e. The lowest BCUT2D eigenvalue weighted by Crippen LogP contribution is -2.26. The van der Waals surface area contributed by atoms with Crippen LogP contribution in [0.1, 0.15) is 53.8 Å². The van der Waals surface area contributed by atoms with Gasteiger partial charge in [0, 0.05) is 10.3 Å². The number of rotatable bonds is 2. The molecule has 3 aromatic rings. The van der Waals surface area contributed by atoms with Crippen molar-refractivity contribution in [2.45, 2.75) is 40.0 Å². The van der Waals surface area contributed by atoms with E-state index in [2.05, 4.69) is 32.2 Å². The fraction of sp³-hybridized carbons (Fsp3) is 0.364. The molecule has 5 heteroatoms. The van der Waals surface area contributed by atoms with Crippen LogP contribution in [0.4, 0.5) is 5.00 Å². The Morgan fingerprint density at radius 1 is 1.33 bits per heavy atom. The van der Waals surface area contributed by atoms with Gasteiger partial charge in [0.25, 0.3) is 5.91 Å². The van der Waals surface area contributed by atoms with Gasteiger partial charge in [0.15, 0.2) is 5.76 Å². The number of carbonyl (C=O) groups is 1. The highest BCUT2D eigenvalue weighted by atomic mass is 32.1. The van der Waals surface area contributed by atoms with Crippen molar-refractivity contribution in [3.8, 4) is 6.07 Å². The van der Waals surface area contributed by atoms with E-state index >= 15 is 0 Å². The summed E-state index contributed by atoms with van der Waals surface area (Å²) in [6.07, 6.45) is 2.95. The van der Waals surface area contributed by atoms with Crippen molar-refractivity contribution in [2.75, 3.05) is 5.32 Å². The third-order valence-corrected chi connectivity index (χ3v) is 6.65. The molecule has 1 unspecified atom stereocenters. The molecule has 2 heterocycles. The zero-order valence-electron chi connectivity index (χ0n) is 15.8. The number of hydrogen-bond acceptors (Lipinski definition) is 4. The molecule has 0 spiro atoms. The average Bonchev–Trinajstić information content (AvgIpc) is 3.20. The second-order valence-electron chi connectivity index (χ2n) is 8.23. The Labute approximate surface area is 162 Å². The van der Waals surface area contributed by atoms with Crippen LogP contribution in [0.5, 0.6) is 0 Å². The number of hydrogen-bond donors (Lipinski definition) is 1. The fourth-order valence-corrected chi connectivity index (χ4v) is 5.06. The number of amides is 1. The molecule has 4 nitrogen and oxygen atoms in total. The first-order valence-corrected chi connectivity index (χ1v) is 10.0. The predicted octanol–water partition coefficient (Wildman–Crippen LogP) is 5.77. The monoisotopic (exact) mass is 378 g/mol. The number of benzene rings is 1. The van der Waals surface area contributed by atoms with E-state index in [0.717, 1.165) is 30.2 Å². The largest absolute Gasteiger partial charge is 0.451 e. The maximum atomic E-state index is 12.7. The normalized spacial score (nSPS) is 16.7. The number of thiophene rings is 1. The molecule has 138 valence electrons. The molecule has 0 aliphatic heterocycles. The van der Waals surface area contributed by atoms with Gasteiger partial charge in [0.1, 0.15) is 16.7 Å². The van der Waals surface area contributed by atoms with E-state index in [1.165, 1.54) is 4.88 Å². The molecule has 1 aliphatic carbocycles. The summed E-state index contributed by atoms with van der Waals surface area (Å²) in [5, 5.41) is 14.1. The molecule has 0 bridgehead atoms. The SMILES string of the molecule is CC(C)(C)C1CCc2c(sc(NC(=O)c3cc4ccccc4o3)c2C#N)C1. The molecule has 0 radical (unpaired) electrons. The number of carbonyl (C=O) groups excluding carboxylic acids is 1. The Hall–Kier alpha value is -2.58. The fourth-order valence-electron chi connectivity index (χ4n) is 3.79. The van der Waals surface area contributed by atoms with Crippen molar-refractivity contribution in [1.29, 1.82) is 5.26 Å². The molecule has 1 atom stereocenters. The van der Waals surface area contributed by atoms with Crippen LogP contribution in [0.2, 0.25) is 0 Å². The highest BCUT2D eigenvalue weighted by Gasteiger charge is 2.32. The topological polar surface area (TPSA) is 66.0 Å². The Bertz CT molecular complexity index is 1030. The molecule has 1 aliphatic rings. The van der Waals surface area contributed by atoms with E-state index in [-0.39, 0.29) is 17.1 Å². The highest BCUT2D eigenvalue weighted by molar-refractivity contribution is 7.16. The number of furan rings is 1. The van der Waals surface area contributed by atoms with E-state index < -0.39 is 0 Å². The van der Waals surface area contributed by atoms with Crippen molar-refractivity contribution in [1.82, 2.24) is 0 Å². The van der Waals surface area contributed by atoms with Crippen molar-refractivity contribution >= 4 is 33.2 Å². The summed E-state index contributed by atoms with van der Waals surface area (Å²) in [6, 6.07) is 11.6. The zero-order chi connectivity index (χ0) is 19.2. The van der Waals surface area contributed by atoms with Crippen LogP contribution < -0.4 is 5.32 Å². The zero-order valence-corrected chi connectivity index (χ0v) is 16.6. The molecule has 2 aromatic heterocycles. The molecule has 0 fully saturated rings. The van der Waals surface area contributed by atoms with E-state index in [0.29, 0.717) is 22.1 Å². The summed E-state index contributed by atoms with van der Waals surface area (Å²) in [5.41, 5.74) is 2.66. The number of nitriles is 1. The number of fused-ring (bicyclic) bond motifs is 2. The van der Waals surface area contributed by atoms with Gasteiger partial charge < -0.3 is 9.73 Å². The van der Waals surface area contributed by atoms with Gasteiger partial charge in [0.2, 0.25) is 0 Å². The Morgan fingerprint density at radius 2 is 2.11 bits per heavy atom. The van der Waals surface area contributed by atoms with Crippen LogP contribution in [0.25, 0.3) is 11.0 Å². The third kappa shape index (κ3) is 3.26. The molecule has 0 saturated carbocycles. The van der Waals surface area contributed by atoms with Crippen molar-refractivity contribution in [3.63, 3.8) is 0 Å². The van der Waals surface area contributed by atoms with Crippen LogP contribution in [-0.4, -0.2) is 5.91 Å². The van der Waals surface area contributed by atoms with Crippen molar-refractivity contribution in [2.24, 2.45) is 11.3 Å². The summed E-state index contributed by atoms with van der Waals surface area (Å²) < 4.78 is 5.65. The molecule has 4 rings (SSSR count). The van der Waals surface area contributed by atoms with Gasteiger partial charge in [-0.2, -0.15) is 5.26 Å². The number of nitrogens with zero attached hydrogens (tertiary/aromatic N) is 1. The molecular weight excluding hydrogens is 356 g/mol. The minimum Gasteiger partial charge on any atom is -0.451 e. The Kier molecular flexibility index (Phi) is 4.32. The lowest BCUT2D eigenvalue weighted by atomic mass is 9.72. The summed E-state index contributed by atoms with van der Waals surface area (Å²) >= 11 is 1.54. The van der Waals surface area contributed by atoms with Crippen LogP contribution >= 0.6 is 11.3 Å². The van der Waals surface area contributed by atoms with Gasteiger partial charge in [-0.1, -0.05) is 39.0 Å². The lowest BCUT2D eigenvalue weighted by Gasteiger charge is -2.33. The van der Waals surface area contributed by atoms with E-state index in [4.69, 9.17) is 4.42 Å². The van der Waals surface area contributed by atoms with Crippen LogP contribution in [0.3, 0.4) is 0 Å². The quantitative estimate of drug-likeness (QED) is 0.615. The summed E-state index contributed by atoms with van der Waals surface area (Å²) in [7, 11) is 0. The molecule has 27 heavy (non-hydrogen) atoms. The summed E-state index contributed by atoms with van der Waals surface area (Å²) in [6.45, 7) is 6.81. The van der Waals surface area contributed by atoms with E-state index in [1.54, 1.807) is 17.4 Å². The molecule has 1 N–H and O–H groups in total. The molecular formula is C22H22N2O2S. The number of para-hydroxylation sites is 1. The number of anilines is 1. The highest BCUT2D eigenvalue weighted by Crippen LogP contribution is 2.44. The second-order valence-corrected chi connectivity index (χ2v) is 9.33. The Balaban J connectivity index is 1.62. The standard InChI is InChI=1S/C22H22N2O2S/c1-22(2,3)14-8-9-15-16(12-23)21(27-19(15)11-14)24-20(25)18-10-13-6-4-5-7-17(13)26-18/h4-7,10,14H,8-9,11H2,1-3H3,(H,24,25). The van der Waals surface area contributed by atoms with Crippen molar-refractivity contribution in [3.05, 3.63) is 52.1 Å². The van der Waals surface area contributed by atoms with Crippen LogP contribution in [-0.2, 0) is 12.8 Å². The van der Waals surface area contributed by atoms with Crippen molar-refractivity contribution < 1.29 is 9.21 Å². The first-order valence-electron chi connectivity index (χ1n) is 9.21. The molecule has 0 saturated heterocycles. The Morgan fingerprint density at radius 3 is 2.81 bits per heavy atom. The van der Waals surface area contributed by atoms with E-state index in [1.807, 2.05) is 24.3 Å². The van der Waals surface area contributed by atoms with Gasteiger partial charge in [-0.05, 0) is 48.3 Å². The second kappa shape index (κ2) is 6.54. The molecule has 1 amide bonds. The lowest BCUT2D eigenvalue weighted by molar-refractivity contribution is 0.0999. The van der Waals surface area contributed by atoms with Gasteiger partial charge in [-0.15, -0.1) is 11.3 Å². The minimum absolute atomic E-state index is 0.242. The first-order chi connectivity index (χ1) is 12.9. The van der Waals surface area contributed by atoms with Gasteiger partial charge >= 0.3 is 0 Å². The summed E-state index contributed by atoms with van der Waals surface area (Å²) in [5.74, 6) is 0.543. The van der Waals surface area contributed by atoms with Crippen LogP contribution in [0, 0.1) is 22.7 Å². The third-order valence-electron chi connectivity index (χ3n) is 5.48.